The number of ether oxygens (including phenoxy) is 1. The summed E-state index contributed by atoms with van der Waals surface area (Å²) in [5.74, 6) is 0.414. The van der Waals surface area contributed by atoms with Crippen LogP contribution in [0, 0.1) is 10.1 Å². The fourth-order valence-electron chi connectivity index (χ4n) is 1.80. The minimum absolute atomic E-state index is 0.113. The van der Waals surface area contributed by atoms with Gasteiger partial charge in [-0.25, -0.2) is 4.98 Å². The minimum atomic E-state index is -0.813. The van der Waals surface area contributed by atoms with Crippen molar-refractivity contribution in [1.29, 1.82) is 0 Å². The van der Waals surface area contributed by atoms with E-state index in [2.05, 4.69) is 10.3 Å². The highest BCUT2D eigenvalue weighted by Gasteiger charge is 2.30. The molecule has 0 unspecified atom stereocenters. The number of anilines is 1. The van der Waals surface area contributed by atoms with Gasteiger partial charge < -0.3 is 10.1 Å². The molecule has 0 aliphatic rings. The van der Waals surface area contributed by atoms with Crippen LogP contribution in [0.5, 0.6) is 5.75 Å². The van der Waals surface area contributed by atoms with E-state index in [1.165, 1.54) is 0 Å². The zero-order valence-corrected chi connectivity index (χ0v) is 13.1. The van der Waals surface area contributed by atoms with E-state index in [1.807, 2.05) is 12.1 Å². The number of nitrogens with one attached hydrogen (secondary N) is 1. The van der Waals surface area contributed by atoms with Crippen LogP contribution < -0.4 is 10.1 Å². The van der Waals surface area contributed by atoms with Crippen LogP contribution in [0.1, 0.15) is 19.4 Å². The Labute approximate surface area is 131 Å². The highest BCUT2D eigenvalue weighted by Crippen LogP contribution is 2.29. The maximum absolute atomic E-state index is 12.4. The van der Waals surface area contributed by atoms with Crippen molar-refractivity contribution in [3.05, 3.63) is 46.1 Å². The molecule has 1 N–H and O–H groups in total. The number of hydrogen-bond acceptors (Lipinski definition) is 6. The molecule has 2 rings (SSSR count). The molecular weight excluding hydrogens is 306 g/mol. The van der Waals surface area contributed by atoms with Crippen molar-refractivity contribution in [2.24, 2.45) is 0 Å². The number of carbonyl (C=O) groups excluding carboxylic acids is 1. The van der Waals surface area contributed by atoms with E-state index in [0.29, 0.717) is 5.75 Å². The predicted octanol–water partition coefficient (Wildman–Crippen LogP) is 2.98. The normalized spacial score (nSPS) is 11.0. The Morgan fingerprint density at radius 2 is 2.00 bits per heavy atom. The summed E-state index contributed by atoms with van der Waals surface area (Å²) in [5.41, 5.74) is -0.0101. The summed E-state index contributed by atoms with van der Waals surface area (Å²) in [4.78, 5) is 26.4. The van der Waals surface area contributed by atoms with Gasteiger partial charge in [-0.15, -0.1) is 0 Å². The summed E-state index contributed by atoms with van der Waals surface area (Å²) in [6, 6.07) is 7.17. The second kappa shape index (κ2) is 6.10. The second-order valence-corrected chi connectivity index (χ2v) is 6.08. The first kappa shape index (κ1) is 15.9. The Kier molecular flexibility index (Phi) is 4.41. The molecule has 22 heavy (non-hydrogen) atoms. The van der Waals surface area contributed by atoms with Gasteiger partial charge in [0.2, 0.25) is 5.91 Å². The van der Waals surface area contributed by atoms with Crippen LogP contribution in [-0.2, 0) is 10.2 Å². The Balaban J connectivity index is 2.16. The Hall–Kier alpha value is -2.48. The first-order valence-electron chi connectivity index (χ1n) is 6.41. The van der Waals surface area contributed by atoms with Gasteiger partial charge in [-0.3, -0.25) is 14.9 Å². The number of benzene rings is 1. The lowest BCUT2D eigenvalue weighted by Gasteiger charge is -2.23. The molecule has 0 saturated carbocycles. The lowest BCUT2D eigenvalue weighted by Crippen LogP contribution is -2.34. The molecule has 0 fully saturated rings. The smallest absolute Gasteiger partial charge is 0.345 e. The maximum Gasteiger partial charge on any atom is 0.345 e. The number of thiazole rings is 1. The molecule has 2 aromatic rings. The molecule has 8 heteroatoms. The molecule has 7 nitrogen and oxygen atoms in total. The van der Waals surface area contributed by atoms with Crippen LogP contribution in [0.2, 0.25) is 0 Å². The summed E-state index contributed by atoms with van der Waals surface area (Å²) in [6.07, 6.45) is 1.13. The fraction of sp³-hybridized carbons (Fsp3) is 0.286. The van der Waals surface area contributed by atoms with Crippen molar-refractivity contribution in [3.63, 3.8) is 0 Å². The van der Waals surface area contributed by atoms with E-state index >= 15 is 0 Å². The number of carbonyl (C=O) groups is 1. The molecule has 1 heterocycles. The van der Waals surface area contributed by atoms with Gasteiger partial charge in [0, 0.05) is 0 Å². The number of nitro groups is 1. The fourth-order valence-corrected chi connectivity index (χ4v) is 2.43. The van der Waals surface area contributed by atoms with Crippen LogP contribution in [-0.4, -0.2) is 22.9 Å². The van der Waals surface area contributed by atoms with E-state index in [4.69, 9.17) is 4.74 Å². The van der Waals surface area contributed by atoms with E-state index < -0.39 is 10.3 Å². The molecule has 0 aliphatic carbocycles. The Bertz CT molecular complexity index is 694. The van der Waals surface area contributed by atoms with Gasteiger partial charge in [0.05, 0.1) is 17.4 Å². The van der Waals surface area contributed by atoms with Gasteiger partial charge in [-0.1, -0.05) is 12.1 Å². The monoisotopic (exact) mass is 321 g/mol. The van der Waals surface area contributed by atoms with Crippen LogP contribution in [0.25, 0.3) is 0 Å². The number of nitrogens with zero attached hydrogens (tertiary/aromatic N) is 2. The summed E-state index contributed by atoms with van der Waals surface area (Å²) < 4.78 is 5.09. The van der Waals surface area contributed by atoms with Crippen LogP contribution >= 0.6 is 11.3 Å². The van der Waals surface area contributed by atoms with E-state index in [-0.39, 0.29) is 16.0 Å². The third-order valence-corrected chi connectivity index (χ3v) is 4.14. The Morgan fingerprint density at radius 3 is 2.50 bits per heavy atom. The average molecular weight is 321 g/mol. The zero-order chi connectivity index (χ0) is 16.3. The van der Waals surface area contributed by atoms with Gasteiger partial charge in [0.1, 0.15) is 11.9 Å². The SMILES string of the molecule is COc1ccc(C(C)(C)C(=O)Nc2ncc([N+](=O)[O-])s2)cc1. The Morgan fingerprint density at radius 1 is 1.36 bits per heavy atom. The average Bonchev–Trinajstić information content (AvgIpc) is 2.96. The van der Waals surface area contributed by atoms with E-state index in [1.54, 1.807) is 33.1 Å². The largest absolute Gasteiger partial charge is 0.497 e. The summed E-state index contributed by atoms with van der Waals surface area (Å²) in [6.45, 7) is 3.54. The minimum Gasteiger partial charge on any atom is -0.497 e. The van der Waals surface area contributed by atoms with E-state index in [9.17, 15) is 14.9 Å². The molecule has 116 valence electrons. The number of rotatable bonds is 5. The molecule has 0 aliphatic heterocycles. The number of aromatic nitrogens is 1. The van der Waals surface area contributed by atoms with Crippen LogP contribution in [0.4, 0.5) is 10.1 Å². The lowest BCUT2D eigenvalue weighted by molar-refractivity contribution is -0.380. The molecule has 0 spiro atoms. The van der Waals surface area contributed by atoms with Gasteiger partial charge in [-0.2, -0.15) is 0 Å². The lowest BCUT2D eigenvalue weighted by atomic mass is 9.84. The first-order valence-corrected chi connectivity index (χ1v) is 7.22. The van der Waals surface area contributed by atoms with Crippen molar-refractivity contribution in [2.45, 2.75) is 19.3 Å². The van der Waals surface area contributed by atoms with Gasteiger partial charge in [-0.05, 0) is 42.9 Å². The quantitative estimate of drug-likeness (QED) is 0.675. The number of hydrogen-bond donors (Lipinski definition) is 1. The molecule has 1 aromatic carbocycles. The summed E-state index contributed by atoms with van der Waals surface area (Å²) in [5, 5.41) is 13.3. The topological polar surface area (TPSA) is 94.4 Å². The summed E-state index contributed by atoms with van der Waals surface area (Å²) in [7, 11) is 1.57. The predicted molar refractivity (Wildman–Crippen MR) is 83.4 cm³/mol. The third kappa shape index (κ3) is 3.22. The van der Waals surface area contributed by atoms with Crippen molar-refractivity contribution >= 4 is 27.4 Å². The highest BCUT2D eigenvalue weighted by molar-refractivity contribution is 7.18. The third-order valence-electron chi connectivity index (χ3n) is 3.27. The van der Waals surface area contributed by atoms with Crippen LogP contribution in [0.15, 0.2) is 30.5 Å². The highest BCUT2D eigenvalue weighted by atomic mass is 32.1. The zero-order valence-electron chi connectivity index (χ0n) is 12.3. The maximum atomic E-state index is 12.4. The molecule has 0 atom stereocenters. The molecule has 0 radical (unpaired) electrons. The molecule has 1 aromatic heterocycles. The number of amides is 1. The standard InChI is InChI=1S/C14H15N3O4S/c1-14(2,9-4-6-10(21-3)7-5-9)12(18)16-13-15-8-11(22-13)17(19)20/h4-8H,1-3H3,(H,15,16,18). The van der Waals surface area contributed by atoms with Gasteiger partial charge in [0.25, 0.3) is 0 Å². The van der Waals surface area contributed by atoms with Gasteiger partial charge >= 0.3 is 5.00 Å². The number of methoxy groups -OCH3 is 1. The van der Waals surface area contributed by atoms with Gasteiger partial charge in [0.15, 0.2) is 5.13 Å². The van der Waals surface area contributed by atoms with Crippen molar-refractivity contribution in [1.82, 2.24) is 4.98 Å². The molecular formula is C14H15N3O4S. The first-order chi connectivity index (χ1) is 10.3. The van der Waals surface area contributed by atoms with Crippen LogP contribution in [0.3, 0.4) is 0 Å². The molecule has 1 amide bonds. The van der Waals surface area contributed by atoms with Crippen molar-refractivity contribution in [2.75, 3.05) is 12.4 Å². The molecule has 0 saturated heterocycles. The second-order valence-electron chi connectivity index (χ2n) is 5.07. The molecule has 0 bridgehead atoms. The van der Waals surface area contributed by atoms with Crippen molar-refractivity contribution in [3.8, 4) is 5.75 Å². The van der Waals surface area contributed by atoms with E-state index in [0.717, 1.165) is 23.1 Å². The summed E-state index contributed by atoms with van der Waals surface area (Å²) >= 11 is 0.825. The van der Waals surface area contributed by atoms with Crippen molar-refractivity contribution < 1.29 is 14.5 Å².